The Kier molecular flexibility index (Phi) is 2.13. The van der Waals surface area contributed by atoms with Crippen LogP contribution in [0, 0.1) is 0 Å². The molecule has 0 aromatic carbocycles. The molecule has 2 aromatic heterocycles. The molecule has 2 aromatic rings. The molecule has 90 valence electrons. The molecule has 1 aliphatic rings. The van der Waals surface area contributed by atoms with Gasteiger partial charge in [-0.1, -0.05) is 0 Å². The lowest BCUT2D eigenvalue weighted by Gasteiger charge is -2.03. The summed E-state index contributed by atoms with van der Waals surface area (Å²) in [4.78, 5) is 9.93. The maximum absolute atomic E-state index is 5.67. The van der Waals surface area contributed by atoms with Gasteiger partial charge < -0.3 is 11.1 Å². The number of rotatable bonds is 3. The zero-order valence-electron chi connectivity index (χ0n) is 9.88. The van der Waals surface area contributed by atoms with Crippen molar-refractivity contribution in [2.45, 2.75) is 38.8 Å². The van der Waals surface area contributed by atoms with E-state index in [0.717, 1.165) is 0 Å². The SMILES string of the molecule is CC(C)n1nc2nc(N)nc(NC3CC3)c2n1. The van der Waals surface area contributed by atoms with Crippen LogP contribution in [0.5, 0.6) is 0 Å². The first-order valence-corrected chi connectivity index (χ1v) is 5.80. The van der Waals surface area contributed by atoms with Gasteiger partial charge in [0.05, 0.1) is 6.04 Å². The minimum Gasteiger partial charge on any atom is -0.368 e. The van der Waals surface area contributed by atoms with Gasteiger partial charge in [-0.05, 0) is 26.7 Å². The lowest BCUT2D eigenvalue weighted by molar-refractivity contribution is 0.472. The highest BCUT2D eigenvalue weighted by molar-refractivity contribution is 5.83. The number of anilines is 2. The molecule has 7 heteroatoms. The summed E-state index contributed by atoms with van der Waals surface area (Å²) in [6.07, 6.45) is 2.34. The Bertz CT molecular complexity index is 555. The zero-order chi connectivity index (χ0) is 12.0. The molecule has 17 heavy (non-hydrogen) atoms. The predicted octanol–water partition coefficient (Wildman–Crippen LogP) is 0.959. The number of nitrogens with two attached hydrogens (primary N) is 1. The van der Waals surface area contributed by atoms with E-state index in [9.17, 15) is 0 Å². The number of fused-ring (bicyclic) bond motifs is 1. The monoisotopic (exact) mass is 233 g/mol. The molecule has 7 nitrogen and oxygen atoms in total. The van der Waals surface area contributed by atoms with Crippen LogP contribution >= 0.6 is 0 Å². The Labute approximate surface area is 98.4 Å². The van der Waals surface area contributed by atoms with Gasteiger partial charge in [0.15, 0.2) is 11.3 Å². The molecule has 1 fully saturated rings. The second kappa shape index (κ2) is 3.54. The van der Waals surface area contributed by atoms with Gasteiger partial charge in [-0.2, -0.15) is 14.8 Å². The summed E-state index contributed by atoms with van der Waals surface area (Å²) in [5, 5.41) is 12.0. The van der Waals surface area contributed by atoms with Crippen LogP contribution in [0.15, 0.2) is 0 Å². The molecule has 0 spiro atoms. The Morgan fingerprint density at radius 1 is 1.29 bits per heavy atom. The highest BCUT2D eigenvalue weighted by atomic mass is 15.5. The van der Waals surface area contributed by atoms with Crippen molar-refractivity contribution in [1.29, 1.82) is 0 Å². The van der Waals surface area contributed by atoms with Crippen LogP contribution in [0.4, 0.5) is 11.8 Å². The number of hydrogen-bond donors (Lipinski definition) is 2. The lowest BCUT2D eigenvalue weighted by atomic mass is 10.4. The fourth-order valence-corrected chi connectivity index (χ4v) is 1.60. The fourth-order valence-electron chi connectivity index (χ4n) is 1.60. The van der Waals surface area contributed by atoms with E-state index in [-0.39, 0.29) is 12.0 Å². The van der Waals surface area contributed by atoms with E-state index in [1.807, 2.05) is 13.8 Å². The molecule has 3 N–H and O–H groups in total. The molecule has 0 radical (unpaired) electrons. The number of nitrogens with one attached hydrogen (secondary N) is 1. The van der Waals surface area contributed by atoms with Crippen molar-refractivity contribution in [2.75, 3.05) is 11.1 Å². The van der Waals surface area contributed by atoms with E-state index >= 15 is 0 Å². The molecule has 0 aliphatic heterocycles. The standard InChI is InChI=1S/C10H15N7/c1-5(2)17-15-7-8(12-6-3-4-6)13-10(11)14-9(7)16-17/h5-6H,3-4H2,1-2H3,(H3,11,12,13,14,16). The fraction of sp³-hybridized carbons (Fsp3) is 0.600. The first-order valence-electron chi connectivity index (χ1n) is 5.80. The third-order valence-electron chi connectivity index (χ3n) is 2.66. The van der Waals surface area contributed by atoms with Crippen LogP contribution < -0.4 is 11.1 Å². The van der Waals surface area contributed by atoms with Gasteiger partial charge in [-0.3, -0.25) is 0 Å². The molecule has 0 atom stereocenters. The number of nitrogens with zero attached hydrogens (tertiary/aromatic N) is 5. The average molecular weight is 233 g/mol. The molecule has 0 saturated heterocycles. The van der Waals surface area contributed by atoms with E-state index < -0.39 is 0 Å². The third-order valence-corrected chi connectivity index (χ3v) is 2.66. The van der Waals surface area contributed by atoms with Gasteiger partial charge in [0.25, 0.3) is 0 Å². The van der Waals surface area contributed by atoms with Gasteiger partial charge in [-0.15, -0.1) is 10.2 Å². The zero-order valence-corrected chi connectivity index (χ0v) is 9.88. The summed E-state index contributed by atoms with van der Waals surface area (Å²) in [5.41, 5.74) is 6.91. The first-order chi connectivity index (χ1) is 8.13. The minimum absolute atomic E-state index is 0.194. The van der Waals surface area contributed by atoms with Crippen LogP contribution in [-0.4, -0.2) is 31.0 Å². The summed E-state index contributed by atoms with van der Waals surface area (Å²) >= 11 is 0. The van der Waals surface area contributed by atoms with E-state index in [1.54, 1.807) is 4.80 Å². The molecule has 0 amide bonds. The summed E-state index contributed by atoms with van der Waals surface area (Å²) < 4.78 is 0. The maximum atomic E-state index is 5.67. The highest BCUT2D eigenvalue weighted by Crippen LogP contribution is 2.27. The molecular weight excluding hydrogens is 218 g/mol. The minimum atomic E-state index is 0.194. The van der Waals surface area contributed by atoms with Crippen LogP contribution in [-0.2, 0) is 0 Å². The largest absolute Gasteiger partial charge is 0.368 e. The summed E-state index contributed by atoms with van der Waals surface area (Å²) in [6.45, 7) is 4.04. The van der Waals surface area contributed by atoms with Gasteiger partial charge in [0.2, 0.25) is 11.6 Å². The quantitative estimate of drug-likeness (QED) is 0.819. The van der Waals surface area contributed by atoms with Crippen LogP contribution in [0.1, 0.15) is 32.7 Å². The van der Waals surface area contributed by atoms with Gasteiger partial charge in [0.1, 0.15) is 0 Å². The van der Waals surface area contributed by atoms with Crippen molar-refractivity contribution in [2.24, 2.45) is 0 Å². The number of aromatic nitrogens is 5. The van der Waals surface area contributed by atoms with Crippen molar-refractivity contribution in [3.05, 3.63) is 0 Å². The topological polar surface area (TPSA) is 94.5 Å². The molecule has 0 unspecified atom stereocenters. The van der Waals surface area contributed by atoms with Gasteiger partial charge >= 0.3 is 0 Å². The van der Waals surface area contributed by atoms with Gasteiger partial charge in [0, 0.05) is 6.04 Å². The molecule has 0 bridgehead atoms. The highest BCUT2D eigenvalue weighted by Gasteiger charge is 2.24. The van der Waals surface area contributed by atoms with Crippen molar-refractivity contribution in [3.8, 4) is 0 Å². The predicted molar refractivity (Wildman–Crippen MR) is 64.6 cm³/mol. The third kappa shape index (κ3) is 1.88. The van der Waals surface area contributed by atoms with E-state index in [2.05, 4.69) is 25.5 Å². The molecule has 3 rings (SSSR count). The summed E-state index contributed by atoms with van der Waals surface area (Å²) in [6, 6.07) is 0.691. The Hall–Kier alpha value is -1.92. The normalized spacial score (nSPS) is 15.7. The smallest absolute Gasteiger partial charge is 0.224 e. The van der Waals surface area contributed by atoms with Crippen molar-refractivity contribution < 1.29 is 0 Å². The summed E-state index contributed by atoms with van der Waals surface area (Å²) in [5.74, 6) is 0.929. The lowest BCUT2D eigenvalue weighted by Crippen LogP contribution is -2.07. The van der Waals surface area contributed by atoms with Crippen LogP contribution in [0.2, 0.25) is 0 Å². The van der Waals surface area contributed by atoms with Crippen molar-refractivity contribution in [3.63, 3.8) is 0 Å². The van der Waals surface area contributed by atoms with E-state index in [4.69, 9.17) is 5.73 Å². The van der Waals surface area contributed by atoms with E-state index in [1.165, 1.54) is 12.8 Å². The van der Waals surface area contributed by atoms with Crippen LogP contribution in [0.25, 0.3) is 11.2 Å². The van der Waals surface area contributed by atoms with Crippen molar-refractivity contribution >= 4 is 22.9 Å². The van der Waals surface area contributed by atoms with Gasteiger partial charge in [-0.25, -0.2) is 0 Å². The van der Waals surface area contributed by atoms with Crippen LogP contribution in [0.3, 0.4) is 0 Å². The molecular formula is C10H15N7. The molecule has 1 saturated carbocycles. The second-order valence-corrected chi connectivity index (χ2v) is 4.64. The number of nitrogen functional groups attached to an aromatic ring is 1. The maximum Gasteiger partial charge on any atom is 0.224 e. The average Bonchev–Trinajstić information content (AvgIpc) is 2.94. The Balaban J connectivity index is 2.11. The molecule has 2 heterocycles. The Morgan fingerprint density at radius 2 is 2.06 bits per heavy atom. The van der Waals surface area contributed by atoms with Crippen molar-refractivity contribution in [1.82, 2.24) is 25.0 Å². The molecule has 1 aliphatic carbocycles. The van der Waals surface area contributed by atoms with E-state index in [0.29, 0.717) is 23.0 Å². The Morgan fingerprint density at radius 3 is 2.71 bits per heavy atom. The first kappa shape index (κ1) is 10.2. The summed E-state index contributed by atoms with van der Waals surface area (Å²) in [7, 11) is 0. The number of hydrogen-bond acceptors (Lipinski definition) is 6. The second-order valence-electron chi connectivity index (χ2n) is 4.64.